The molecule has 0 radical (unpaired) electrons. The molecule has 0 unspecified atom stereocenters. The maximum absolute atomic E-state index is 12.6. The molecule has 2 aromatic carbocycles. The average Bonchev–Trinajstić information content (AvgIpc) is 2.63. The van der Waals surface area contributed by atoms with Crippen molar-refractivity contribution < 1.29 is 18.0 Å². The van der Waals surface area contributed by atoms with Crippen molar-refractivity contribution in [3.05, 3.63) is 83.1 Å². The van der Waals surface area contributed by atoms with Crippen LogP contribution in [0.1, 0.15) is 15.9 Å². The number of nitrogens with one attached hydrogen (secondary N) is 2. The van der Waals surface area contributed by atoms with Gasteiger partial charge in [0, 0.05) is 22.6 Å². The summed E-state index contributed by atoms with van der Waals surface area (Å²) in [6.45, 7) is 0. The number of amides is 1. The molecule has 1 aromatic heterocycles. The number of rotatable bonds is 4. The van der Waals surface area contributed by atoms with E-state index in [1.54, 1.807) is 36.5 Å². The zero-order chi connectivity index (χ0) is 19.4. The highest BCUT2D eigenvalue weighted by Gasteiger charge is 2.30. The van der Waals surface area contributed by atoms with Crippen molar-refractivity contribution in [1.29, 1.82) is 0 Å². The lowest BCUT2D eigenvalue weighted by Crippen LogP contribution is -2.13. The van der Waals surface area contributed by atoms with Crippen LogP contribution in [-0.2, 0) is 6.18 Å². The Kier molecular flexibility index (Phi) is 5.32. The van der Waals surface area contributed by atoms with Crippen LogP contribution in [0.5, 0.6) is 0 Å². The number of carbonyl (C=O) groups excluding carboxylic acids is 1. The standard InChI is InChI=1S/C19H13ClF3N3O/c20-14-3-7-15(8-4-14)25-17-9-12(10-24-11-17)18(27)26-16-5-1-13(2-6-16)19(21,22)23/h1-11,25H,(H,26,27). The Hall–Kier alpha value is -3.06. The molecular formula is C19H13ClF3N3O. The second-order valence-corrected chi connectivity index (χ2v) is 6.06. The summed E-state index contributed by atoms with van der Waals surface area (Å²) >= 11 is 5.84. The Bertz CT molecular complexity index is 942. The second kappa shape index (κ2) is 7.67. The Morgan fingerprint density at radius 1 is 0.889 bits per heavy atom. The number of hydrogen-bond acceptors (Lipinski definition) is 3. The van der Waals surface area contributed by atoms with Gasteiger partial charge in [0.15, 0.2) is 0 Å². The molecule has 3 rings (SSSR count). The topological polar surface area (TPSA) is 54.0 Å². The largest absolute Gasteiger partial charge is 0.416 e. The van der Waals surface area contributed by atoms with Crippen molar-refractivity contribution in [3.63, 3.8) is 0 Å². The second-order valence-electron chi connectivity index (χ2n) is 5.62. The summed E-state index contributed by atoms with van der Waals surface area (Å²) in [5, 5.41) is 6.23. The molecule has 0 fully saturated rings. The number of halogens is 4. The number of pyridine rings is 1. The fourth-order valence-corrected chi connectivity index (χ4v) is 2.40. The van der Waals surface area contributed by atoms with Gasteiger partial charge in [-0.1, -0.05) is 11.6 Å². The summed E-state index contributed by atoms with van der Waals surface area (Å²) in [6, 6.07) is 12.8. The maximum atomic E-state index is 12.6. The highest BCUT2D eigenvalue weighted by atomic mass is 35.5. The molecule has 2 N–H and O–H groups in total. The lowest BCUT2D eigenvalue weighted by molar-refractivity contribution is -0.137. The van der Waals surface area contributed by atoms with Crippen molar-refractivity contribution in [3.8, 4) is 0 Å². The summed E-state index contributed by atoms with van der Waals surface area (Å²) in [5.74, 6) is -0.484. The normalized spacial score (nSPS) is 11.1. The van der Waals surface area contributed by atoms with Gasteiger partial charge in [-0.25, -0.2) is 0 Å². The van der Waals surface area contributed by atoms with E-state index in [1.165, 1.54) is 18.3 Å². The van der Waals surface area contributed by atoms with E-state index in [9.17, 15) is 18.0 Å². The average molecular weight is 392 g/mol. The van der Waals surface area contributed by atoms with Gasteiger partial charge in [0.25, 0.3) is 5.91 Å². The van der Waals surface area contributed by atoms with Crippen molar-refractivity contribution in [2.24, 2.45) is 0 Å². The van der Waals surface area contributed by atoms with Gasteiger partial charge in [0.1, 0.15) is 0 Å². The summed E-state index contributed by atoms with van der Waals surface area (Å²) in [5.41, 5.74) is 1.08. The molecule has 0 atom stereocenters. The first-order valence-corrected chi connectivity index (χ1v) is 8.15. The molecule has 8 heteroatoms. The molecule has 3 aromatic rings. The molecule has 0 aliphatic rings. The maximum Gasteiger partial charge on any atom is 0.416 e. The number of nitrogens with zero attached hydrogens (tertiary/aromatic N) is 1. The van der Waals surface area contributed by atoms with Crippen LogP contribution in [-0.4, -0.2) is 10.9 Å². The number of aromatic nitrogens is 1. The highest BCUT2D eigenvalue weighted by Crippen LogP contribution is 2.30. The van der Waals surface area contributed by atoms with E-state index in [-0.39, 0.29) is 11.3 Å². The van der Waals surface area contributed by atoms with E-state index in [1.807, 2.05) is 0 Å². The van der Waals surface area contributed by atoms with E-state index >= 15 is 0 Å². The molecule has 0 saturated heterocycles. The first-order valence-electron chi connectivity index (χ1n) is 7.77. The van der Waals surface area contributed by atoms with Gasteiger partial charge in [-0.2, -0.15) is 13.2 Å². The van der Waals surface area contributed by atoms with Gasteiger partial charge < -0.3 is 10.6 Å². The number of carbonyl (C=O) groups is 1. The predicted molar refractivity (Wildman–Crippen MR) is 98.4 cm³/mol. The van der Waals surface area contributed by atoms with E-state index in [4.69, 9.17) is 11.6 Å². The Morgan fingerprint density at radius 2 is 1.52 bits per heavy atom. The molecule has 4 nitrogen and oxygen atoms in total. The van der Waals surface area contributed by atoms with Crippen molar-refractivity contribution in [2.75, 3.05) is 10.6 Å². The van der Waals surface area contributed by atoms with Crippen LogP contribution in [0.25, 0.3) is 0 Å². The Balaban J connectivity index is 1.70. The molecule has 0 aliphatic heterocycles. The van der Waals surface area contributed by atoms with Crippen LogP contribution in [0.4, 0.5) is 30.2 Å². The van der Waals surface area contributed by atoms with Crippen molar-refractivity contribution >= 4 is 34.6 Å². The van der Waals surface area contributed by atoms with Crippen LogP contribution in [0.2, 0.25) is 5.02 Å². The first-order chi connectivity index (χ1) is 12.8. The van der Waals surface area contributed by atoms with Gasteiger partial charge >= 0.3 is 6.18 Å². The van der Waals surface area contributed by atoms with E-state index in [0.29, 0.717) is 10.7 Å². The third kappa shape index (κ3) is 4.98. The molecule has 0 bridgehead atoms. The fourth-order valence-electron chi connectivity index (χ4n) is 2.28. The highest BCUT2D eigenvalue weighted by molar-refractivity contribution is 6.30. The number of benzene rings is 2. The summed E-state index contributed by atoms with van der Waals surface area (Å²) in [4.78, 5) is 16.3. The molecule has 138 valence electrons. The number of hydrogen-bond donors (Lipinski definition) is 2. The molecule has 0 saturated carbocycles. The first kappa shape index (κ1) is 18.7. The zero-order valence-electron chi connectivity index (χ0n) is 13.7. The summed E-state index contributed by atoms with van der Waals surface area (Å²) in [6.07, 6.45) is -1.51. The minimum atomic E-state index is -4.42. The van der Waals surface area contributed by atoms with Crippen LogP contribution in [0.3, 0.4) is 0 Å². The summed E-state index contributed by atoms with van der Waals surface area (Å²) in [7, 11) is 0. The smallest absolute Gasteiger partial charge is 0.354 e. The third-order valence-corrected chi connectivity index (χ3v) is 3.86. The van der Waals surface area contributed by atoms with Crippen LogP contribution < -0.4 is 10.6 Å². The Labute approximate surface area is 158 Å². The van der Waals surface area contributed by atoms with Gasteiger partial charge in [-0.3, -0.25) is 9.78 Å². The lowest BCUT2D eigenvalue weighted by Gasteiger charge is -2.10. The van der Waals surface area contributed by atoms with Crippen LogP contribution >= 0.6 is 11.6 Å². The summed E-state index contributed by atoms with van der Waals surface area (Å²) < 4.78 is 37.7. The molecular weight excluding hydrogens is 379 g/mol. The quantitative estimate of drug-likeness (QED) is 0.595. The number of alkyl halides is 3. The lowest BCUT2D eigenvalue weighted by atomic mass is 10.2. The van der Waals surface area contributed by atoms with Gasteiger partial charge in [0.2, 0.25) is 0 Å². The molecule has 0 spiro atoms. The predicted octanol–water partition coefficient (Wildman–Crippen LogP) is 5.75. The van der Waals surface area contributed by atoms with E-state index < -0.39 is 17.6 Å². The molecule has 1 heterocycles. The van der Waals surface area contributed by atoms with E-state index in [2.05, 4.69) is 15.6 Å². The van der Waals surface area contributed by atoms with Crippen molar-refractivity contribution in [2.45, 2.75) is 6.18 Å². The van der Waals surface area contributed by atoms with Gasteiger partial charge in [-0.05, 0) is 54.6 Å². The Morgan fingerprint density at radius 3 is 2.15 bits per heavy atom. The van der Waals surface area contributed by atoms with Crippen molar-refractivity contribution in [1.82, 2.24) is 4.98 Å². The number of anilines is 3. The molecule has 0 aliphatic carbocycles. The minimum Gasteiger partial charge on any atom is -0.354 e. The minimum absolute atomic E-state index is 0.254. The zero-order valence-corrected chi connectivity index (χ0v) is 14.5. The molecule has 1 amide bonds. The SMILES string of the molecule is O=C(Nc1ccc(C(F)(F)F)cc1)c1cncc(Nc2ccc(Cl)cc2)c1. The fraction of sp³-hybridized carbons (Fsp3) is 0.0526. The third-order valence-electron chi connectivity index (χ3n) is 3.60. The van der Waals surface area contributed by atoms with E-state index in [0.717, 1.165) is 17.8 Å². The van der Waals surface area contributed by atoms with Gasteiger partial charge in [0.05, 0.1) is 23.0 Å². The van der Waals surface area contributed by atoms with Gasteiger partial charge in [-0.15, -0.1) is 0 Å². The monoisotopic (exact) mass is 391 g/mol. The molecule has 27 heavy (non-hydrogen) atoms. The van der Waals surface area contributed by atoms with Crippen LogP contribution in [0, 0.1) is 0 Å². The van der Waals surface area contributed by atoms with Crippen LogP contribution in [0.15, 0.2) is 67.0 Å².